The highest BCUT2D eigenvalue weighted by Gasteiger charge is 2.07. The van der Waals surface area contributed by atoms with Crippen molar-refractivity contribution in [3.63, 3.8) is 0 Å². The molecule has 0 spiro atoms. The molecule has 0 unspecified atom stereocenters. The predicted octanol–water partition coefficient (Wildman–Crippen LogP) is 1.72. The van der Waals surface area contributed by atoms with Crippen LogP contribution < -0.4 is 10.1 Å². The number of rotatable bonds is 5. The zero-order chi connectivity index (χ0) is 13.7. The van der Waals surface area contributed by atoms with Gasteiger partial charge in [0, 0.05) is 18.3 Å². The normalized spacial score (nSPS) is 10.2. The van der Waals surface area contributed by atoms with Gasteiger partial charge in [0.15, 0.2) is 6.61 Å². The van der Waals surface area contributed by atoms with Crippen molar-refractivity contribution in [1.82, 2.24) is 15.5 Å². The van der Waals surface area contributed by atoms with Gasteiger partial charge in [-0.2, -0.15) is 5.10 Å². The van der Waals surface area contributed by atoms with E-state index in [9.17, 15) is 4.79 Å². The van der Waals surface area contributed by atoms with Crippen molar-refractivity contribution in [2.24, 2.45) is 0 Å². The number of aryl methyl sites for hydroxylation is 2. The molecular weight excluding hydrogens is 242 g/mol. The smallest absolute Gasteiger partial charge is 0.258 e. The minimum absolute atomic E-state index is 0.0174. The van der Waals surface area contributed by atoms with Crippen LogP contribution in [0.5, 0.6) is 5.75 Å². The zero-order valence-electron chi connectivity index (χ0n) is 11.1. The average Bonchev–Trinajstić information content (AvgIpc) is 2.89. The van der Waals surface area contributed by atoms with Crippen LogP contribution in [-0.2, 0) is 11.3 Å². The molecule has 2 aromatic rings. The molecule has 2 N–H and O–H groups in total. The second kappa shape index (κ2) is 6.04. The fourth-order valence-corrected chi connectivity index (χ4v) is 1.79. The molecule has 0 bridgehead atoms. The highest BCUT2D eigenvalue weighted by molar-refractivity contribution is 5.77. The number of aromatic amines is 1. The summed E-state index contributed by atoms with van der Waals surface area (Å²) in [6.45, 7) is 4.40. The Hall–Kier alpha value is -2.30. The molecule has 5 heteroatoms. The van der Waals surface area contributed by atoms with E-state index in [1.165, 1.54) is 0 Å². The number of benzene rings is 1. The summed E-state index contributed by atoms with van der Waals surface area (Å²) in [6.07, 6.45) is 3.42. The molecule has 0 radical (unpaired) electrons. The minimum Gasteiger partial charge on any atom is -0.483 e. The Morgan fingerprint density at radius 1 is 1.37 bits per heavy atom. The van der Waals surface area contributed by atoms with E-state index >= 15 is 0 Å². The molecule has 0 saturated carbocycles. The van der Waals surface area contributed by atoms with E-state index in [4.69, 9.17) is 4.74 Å². The molecule has 0 atom stereocenters. The van der Waals surface area contributed by atoms with Crippen LogP contribution >= 0.6 is 0 Å². The number of nitrogens with zero attached hydrogens (tertiary/aromatic N) is 1. The monoisotopic (exact) mass is 259 g/mol. The van der Waals surface area contributed by atoms with Gasteiger partial charge in [0.2, 0.25) is 0 Å². The number of hydrogen-bond donors (Lipinski definition) is 2. The Kier molecular flexibility index (Phi) is 4.18. The minimum atomic E-state index is -0.149. The molecule has 0 aliphatic rings. The quantitative estimate of drug-likeness (QED) is 0.859. The Balaban J connectivity index is 1.83. The van der Waals surface area contributed by atoms with Gasteiger partial charge in [-0.1, -0.05) is 18.2 Å². The van der Waals surface area contributed by atoms with Crippen molar-refractivity contribution in [3.8, 4) is 5.75 Å². The fraction of sp³-hybridized carbons (Fsp3) is 0.286. The van der Waals surface area contributed by atoms with E-state index in [1.807, 2.05) is 32.0 Å². The molecule has 5 nitrogen and oxygen atoms in total. The van der Waals surface area contributed by atoms with Gasteiger partial charge in [0.25, 0.3) is 5.91 Å². The summed E-state index contributed by atoms with van der Waals surface area (Å²) in [4.78, 5) is 11.7. The van der Waals surface area contributed by atoms with Gasteiger partial charge in [0.1, 0.15) is 5.75 Å². The van der Waals surface area contributed by atoms with E-state index in [0.717, 1.165) is 22.4 Å². The van der Waals surface area contributed by atoms with Crippen molar-refractivity contribution in [3.05, 3.63) is 47.3 Å². The van der Waals surface area contributed by atoms with Crippen LogP contribution in [0.2, 0.25) is 0 Å². The van der Waals surface area contributed by atoms with Crippen LogP contribution in [0.1, 0.15) is 16.7 Å². The van der Waals surface area contributed by atoms with E-state index in [1.54, 1.807) is 12.4 Å². The van der Waals surface area contributed by atoms with Crippen molar-refractivity contribution >= 4 is 5.91 Å². The van der Waals surface area contributed by atoms with Crippen molar-refractivity contribution in [1.29, 1.82) is 0 Å². The summed E-state index contributed by atoms with van der Waals surface area (Å²) in [5.41, 5.74) is 2.99. The number of aromatic nitrogens is 2. The van der Waals surface area contributed by atoms with E-state index in [0.29, 0.717) is 6.54 Å². The lowest BCUT2D eigenvalue weighted by atomic mass is 10.1. The largest absolute Gasteiger partial charge is 0.483 e. The maximum atomic E-state index is 11.7. The number of amides is 1. The van der Waals surface area contributed by atoms with Crippen LogP contribution in [0.15, 0.2) is 30.6 Å². The molecule has 2 rings (SSSR count). The highest BCUT2D eigenvalue weighted by Crippen LogP contribution is 2.21. The number of carbonyl (C=O) groups excluding carboxylic acids is 1. The topological polar surface area (TPSA) is 67.0 Å². The number of nitrogens with one attached hydrogen (secondary N) is 2. The van der Waals surface area contributed by atoms with E-state index < -0.39 is 0 Å². The second-order valence-corrected chi connectivity index (χ2v) is 4.39. The summed E-state index contributed by atoms with van der Waals surface area (Å²) >= 11 is 0. The van der Waals surface area contributed by atoms with Crippen molar-refractivity contribution < 1.29 is 9.53 Å². The Morgan fingerprint density at radius 2 is 2.11 bits per heavy atom. The molecule has 19 heavy (non-hydrogen) atoms. The van der Waals surface area contributed by atoms with Gasteiger partial charge in [-0.15, -0.1) is 0 Å². The Morgan fingerprint density at radius 3 is 2.74 bits per heavy atom. The fourth-order valence-electron chi connectivity index (χ4n) is 1.79. The lowest BCUT2D eigenvalue weighted by Crippen LogP contribution is -2.28. The first-order valence-corrected chi connectivity index (χ1v) is 6.10. The number of carbonyl (C=O) groups is 1. The van der Waals surface area contributed by atoms with Gasteiger partial charge >= 0.3 is 0 Å². The van der Waals surface area contributed by atoms with Crippen LogP contribution in [0.4, 0.5) is 0 Å². The average molecular weight is 259 g/mol. The van der Waals surface area contributed by atoms with Crippen LogP contribution in [0.3, 0.4) is 0 Å². The first-order chi connectivity index (χ1) is 9.16. The maximum absolute atomic E-state index is 11.7. The van der Waals surface area contributed by atoms with E-state index in [-0.39, 0.29) is 12.5 Å². The van der Waals surface area contributed by atoms with Crippen LogP contribution in [0, 0.1) is 13.8 Å². The molecule has 100 valence electrons. The lowest BCUT2D eigenvalue weighted by molar-refractivity contribution is -0.123. The maximum Gasteiger partial charge on any atom is 0.258 e. The molecule has 1 aromatic carbocycles. The van der Waals surface area contributed by atoms with Gasteiger partial charge in [0.05, 0.1) is 6.20 Å². The molecule has 0 aliphatic carbocycles. The Labute approximate surface area is 112 Å². The van der Waals surface area contributed by atoms with Gasteiger partial charge in [-0.05, 0) is 25.0 Å². The molecule has 1 heterocycles. The zero-order valence-corrected chi connectivity index (χ0v) is 11.1. The lowest BCUT2D eigenvalue weighted by Gasteiger charge is -2.11. The molecule has 0 aliphatic heterocycles. The second-order valence-electron chi connectivity index (χ2n) is 4.39. The van der Waals surface area contributed by atoms with Crippen molar-refractivity contribution in [2.75, 3.05) is 6.61 Å². The highest BCUT2D eigenvalue weighted by atomic mass is 16.5. The molecular formula is C14H17N3O2. The van der Waals surface area contributed by atoms with Gasteiger partial charge in [-0.3, -0.25) is 9.89 Å². The third kappa shape index (κ3) is 3.58. The van der Waals surface area contributed by atoms with Gasteiger partial charge < -0.3 is 10.1 Å². The standard InChI is InChI=1S/C14H17N3O2/c1-10-4-3-5-11(2)14(10)19-9-13(18)15-6-12-7-16-17-8-12/h3-5,7-8H,6,9H2,1-2H3,(H,15,18)(H,16,17). The van der Waals surface area contributed by atoms with E-state index in [2.05, 4.69) is 15.5 Å². The van der Waals surface area contributed by atoms with Crippen LogP contribution in [-0.4, -0.2) is 22.7 Å². The first kappa shape index (κ1) is 13.1. The third-order valence-electron chi connectivity index (χ3n) is 2.80. The van der Waals surface area contributed by atoms with Crippen molar-refractivity contribution in [2.45, 2.75) is 20.4 Å². The van der Waals surface area contributed by atoms with Crippen LogP contribution in [0.25, 0.3) is 0 Å². The molecule has 1 aromatic heterocycles. The third-order valence-corrected chi connectivity index (χ3v) is 2.80. The molecule has 0 fully saturated rings. The number of ether oxygens (including phenoxy) is 1. The molecule has 0 saturated heterocycles. The summed E-state index contributed by atoms with van der Waals surface area (Å²) < 4.78 is 5.56. The first-order valence-electron chi connectivity index (χ1n) is 6.10. The summed E-state index contributed by atoms with van der Waals surface area (Å²) in [5.74, 6) is 0.629. The number of hydrogen-bond acceptors (Lipinski definition) is 3. The molecule has 1 amide bonds. The summed E-state index contributed by atoms with van der Waals surface area (Å²) in [7, 11) is 0. The SMILES string of the molecule is Cc1cccc(C)c1OCC(=O)NCc1cn[nH]c1. The number of H-pyrrole nitrogens is 1. The summed E-state index contributed by atoms with van der Waals surface area (Å²) in [6, 6.07) is 5.90. The van der Waals surface area contributed by atoms with Gasteiger partial charge in [-0.25, -0.2) is 0 Å². The Bertz CT molecular complexity index is 530. The predicted molar refractivity (Wildman–Crippen MR) is 71.8 cm³/mol. The summed E-state index contributed by atoms with van der Waals surface area (Å²) in [5, 5.41) is 9.27. The number of para-hydroxylation sites is 1.